The number of hydrogen-bond donors (Lipinski definition) is 4. The summed E-state index contributed by atoms with van der Waals surface area (Å²) in [7, 11) is 0. The fraction of sp³-hybridized carbons (Fsp3) is 0.700. The van der Waals surface area contributed by atoms with Crippen LogP contribution in [0.4, 0.5) is 0 Å². The lowest BCUT2D eigenvalue weighted by atomic mass is 10.0. The van der Waals surface area contributed by atoms with Gasteiger partial charge in [-0.15, -0.1) is 0 Å². The SMILES string of the molecule is NC(=O)CC[C@H](NC(=O)C1COCC1N)C(=O)O. The smallest absolute Gasteiger partial charge is 0.326 e. The summed E-state index contributed by atoms with van der Waals surface area (Å²) in [6.45, 7) is 0.451. The van der Waals surface area contributed by atoms with Gasteiger partial charge in [0.1, 0.15) is 6.04 Å². The van der Waals surface area contributed by atoms with Gasteiger partial charge in [0.25, 0.3) is 0 Å². The van der Waals surface area contributed by atoms with Gasteiger partial charge < -0.3 is 26.6 Å². The Labute approximate surface area is 104 Å². The molecule has 8 heteroatoms. The van der Waals surface area contributed by atoms with Crippen LogP contribution in [-0.2, 0) is 19.1 Å². The first-order chi connectivity index (χ1) is 8.41. The van der Waals surface area contributed by atoms with Crippen molar-refractivity contribution < 1.29 is 24.2 Å². The number of carbonyl (C=O) groups is 3. The van der Waals surface area contributed by atoms with E-state index in [1.165, 1.54) is 0 Å². The fourth-order valence-electron chi connectivity index (χ4n) is 1.66. The molecule has 1 aliphatic rings. The van der Waals surface area contributed by atoms with Gasteiger partial charge in [-0.1, -0.05) is 0 Å². The lowest BCUT2D eigenvalue weighted by Crippen LogP contribution is -2.48. The second kappa shape index (κ2) is 6.31. The van der Waals surface area contributed by atoms with Crippen LogP contribution in [0.3, 0.4) is 0 Å². The van der Waals surface area contributed by atoms with Gasteiger partial charge in [0.15, 0.2) is 0 Å². The summed E-state index contributed by atoms with van der Waals surface area (Å²) in [5, 5.41) is 11.3. The van der Waals surface area contributed by atoms with Gasteiger partial charge in [0, 0.05) is 12.5 Å². The van der Waals surface area contributed by atoms with Crippen LogP contribution in [0.2, 0.25) is 0 Å². The third-order valence-corrected chi connectivity index (χ3v) is 2.76. The zero-order chi connectivity index (χ0) is 13.7. The molecule has 0 aromatic heterocycles. The van der Waals surface area contributed by atoms with Crippen LogP contribution < -0.4 is 16.8 Å². The summed E-state index contributed by atoms with van der Waals surface area (Å²) in [6, 6.07) is -1.58. The highest BCUT2D eigenvalue weighted by Gasteiger charge is 2.33. The molecule has 6 N–H and O–H groups in total. The Morgan fingerprint density at radius 2 is 2.06 bits per heavy atom. The van der Waals surface area contributed by atoms with Crippen molar-refractivity contribution in [2.24, 2.45) is 17.4 Å². The molecule has 0 spiro atoms. The highest BCUT2D eigenvalue weighted by atomic mass is 16.5. The topological polar surface area (TPSA) is 145 Å². The predicted molar refractivity (Wildman–Crippen MR) is 60.3 cm³/mol. The third-order valence-electron chi connectivity index (χ3n) is 2.76. The number of amides is 2. The van der Waals surface area contributed by atoms with Crippen molar-refractivity contribution in [2.45, 2.75) is 24.9 Å². The maximum absolute atomic E-state index is 11.8. The second-order valence-electron chi connectivity index (χ2n) is 4.21. The van der Waals surface area contributed by atoms with Crippen molar-refractivity contribution in [2.75, 3.05) is 13.2 Å². The monoisotopic (exact) mass is 259 g/mol. The zero-order valence-electron chi connectivity index (χ0n) is 9.80. The van der Waals surface area contributed by atoms with E-state index >= 15 is 0 Å². The molecule has 0 aliphatic carbocycles. The van der Waals surface area contributed by atoms with E-state index in [4.69, 9.17) is 21.3 Å². The molecule has 8 nitrogen and oxygen atoms in total. The minimum Gasteiger partial charge on any atom is -0.480 e. The van der Waals surface area contributed by atoms with Crippen LogP contribution in [0.25, 0.3) is 0 Å². The number of nitrogens with two attached hydrogens (primary N) is 2. The van der Waals surface area contributed by atoms with Crippen molar-refractivity contribution in [1.29, 1.82) is 0 Å². The molecular weight excluding hydrogens is 242 g/mol. The number of rotatable bonds is 6. The first-order valence-corrected chi connectivity index (χ1v) is 5.56. The molecule has 0 aromatic carbocycles. The Kier molecular flexibility index (Phi) is 5.05. The maximum Gasteiger partial charge on any atom is 0.326 e. The molecule has 1 saturated heterocycles. The Morgan fingerprint density at radius 3 is 2.50 bits per heavy atom. The lowest BCUT2D eigenvalue weighted by Gasteiger charge is -2.18. The van der Waals surface area contributed by atoms with Crippen LogP contribution in [0, 0.1) is 5.92 Å². The highest BCUT2D eigenvalue weighted by Crippen LogP contribution is 2.12. The molecule has 1 fully saturated rings. The normalized spacial score (nSPS) is 24.5. The Bertz CT molecular complexity index is 346. The van der Waals surface area contributed by atoms with Gasteiger partial charge in [-0.25, -0.2) is 4.79 Å². The van der Waals surface area contributed by atoms with Crippen LogP contribution >= 0.6 is 0 Å². The number of carboxylic acid groups (broad SMARTS) is 1. The Morgan fingerprint density at radius 1 is 1.39 bits per heavy atom. The van der Waals surface area contributed by atoms with Crippen LogP contribution in [0.15, 0.2) is 0 Å². The largest absolute Gasteiger partial charge is 0.480 e. The summed E-state index contributed by atoms with van der Waals surface area (Å²) in [6.07, 6.45) is -0.149. The fourth-order valence-corrected chi connectivity index (χ4v) is 1.66. The average Bonchev–Trinajstić information content (AvgIpc) is 2.69. The van der Waals surface area contributed by atoms with Crippen molar-refractivity contribution in [1.82, 2.24) is 5.32 Å². The molecule has 2 amide bonds. The van der Waals surface area contributed by atoms with Gasteiger partial charge in [0.05, 0.1) is 19.1 Å². The number of carboxylic acids is 1. The van der Waals surface area contributed by atoms with Crippen LogP contribution in [0.5, 0.6) is 0 Å². The molecule has 102 valence electrons. The molecule has 1 aliphatic heterocycles. The highest BCUT2D eigenvalue weighted by molar-refractivity contribution is 5.86. The summed E-state index contributed by atoms with van der Waals surface area (Å²) in [4.78, 5) is 33.3. The zero-order valence-corrected chi connectivity index (χ0v) is 9.80. The molecule has 1 heterocycles. The van der Waals surface area contributed by atoms with Gasteiger partial charge in [-0.2, -0.15) is 0 Å². The number of ether oxygens (including phenoxy) is 1. The van der Waals surface area contributed by atoms with Gasteiger partial charge in [0.2, 0.25) is 11.8 Å². The first kappa shape index (κ1) is 14.4. The molecule has 3 atom stereocenters. The predicted octanol–water partition coefficient (Wildman–Crippen LogP) is -2.20. The first-order valence-electron chi connectivity index (χ1n) is 5.56. The molecule has 0 saturated carbocycles. The van der Waals surface area contributed by atoms with Gasteiger partial charge in [-0.05, 0) is 6.42 Å². The second-order valence-corrected chi connectivity index (χ2v) is 4.21. The lowest BCUT2D eigenvalue weighted by molar-refractivity contribution is -0.142. The van der Waals surface area contributed by atoms with E-state index in [0.717, 1.165) is 0 Å². The van der Waals surface area contributed by atoms with Crippen molar-refractivity contribution in [3.05, 3.63) is 0 Å². The number of aliphatic carboxylic acids is 1. The van der Waals surface area contributed by atoms with Crippen molar-refractivity contribution in [3.63, 3.8) is 0 Å². The quantitative estimate of drug-likeness (QED) is 0.425. The van der Waals surface area contributed by atoms with Crippen LogP contribution in [-0.4, -0.2) is 48.2 Å². The van der Waals surface area contributed by atoms with E-state index in [9.17, 15) is 14.4 Å². The molecule has 2 unspecified atom stereocenters. The number of primary amides is 1. The molecular formula is C10H17N3O5. The van der Waals surface area contributed by atoms with E-state index in [2.05, 4.69) is 5.32 Å². The minimum atomic E-state index is -1.21. The number of nitrogens with one attached hydrogen (secondary N) is 1. The summed E-state index contributed by atoms with van der Waals surface area (Å²) in [5.41, 5.74) is 10.6. The van der Waals surface area contributed by atoms with E-state index in [1.807, 2.05) is 0 Å². The van der Waals surface area contributed by atoms with Crippen LogP contribution in [0.1, 0.15) is 12.8 Å². The summed E-state index contributed by atoms with van der Waals surface area (Å²) >= 11 is 0. The van der Waals surface area contributed by atoms with E-state index in [-0.39, 0.29) is 26.1 Å². The van der Waals surface area contributed by atoms with E-state index < -0.39 is 35.8 Å². The number of hydrogen-bond acceptors (Lipinski definition) is 5. The summed E-state index contributed by atoms with van der Waals surface area (Å²) in [5.74, 6) is -2.86. The molecule has 0 aromatic rings. The standard InChI is InChI=1S/C10H17N3O5/c11-6-4-18-3-5(6)9(15)13-7(10(16)17)1-2-8(12)14/h5-7H,1-4,11H2,(H2,12,14)(H,13,15)(H,16,17)/t5?,6?,7-/m0/s1. The van der Waals surface area contributed by atoms with E-state index in [1.54, 1.807) is 0 Å². The van der Waals surface area contributed by atoms with E-state index in [0.29, 0.717) is 0 Å². The third kappa shape index (κ3) is 3.97. The molecule has 18 heavy (non-hydrogen) atoms. The summed E-state index contributed by atoms with van der Waals surface area (Å²) < 4.78 is 5.02. The molecule has 1 rings (SSSR count). The Balaban J connectivity index is 2.52. The number of carbonyl (C=O) groups excluding carboxylic acids is 2. The van der Waals surface area contributed by atoms with Crippen molar-refractivity contribution in [3.8, 4) is 0 Å². The Hall–Kier alpha value is -1.67. The van der Waals surface area contributed by atoms with Gasteiger partial charge >= 0.3 is 5.97 Å². The average molecular weight is 259 g/mol. The molecule has 0 radical (unpaired) electrons. The minimum absolute atomic E-state index is 0.0424. The molecule has 0 bridgehead atoms. The van der Waals surface area contributed by atoms with Crippen molar-refractivity contribution >= 4 is 17.8 Å². The maximum atomic E-state index is 11.8. The van der Waals surface area contributed by atoms with Gasteiger partial charge in [-0.3, -0.25) is 9.59 Å².